The van der Waals surface area contributed by atoms with Crippen LogP contribution in [0, 0.1) is 0 Å². The molecule has 9 rings (SSSR count). The number of rotatable bonds is 25. The van der Waals surface area contributed by atoms with Crippen molar-refractivity contribution in [3.8, 4) is 0 Å². The second-order valence-electron chi connectivity index (χ2n) is 18.0. The fourth-order valence-corrected chi connectivity index (χ4v) is 8.98. The second kappa shape index (κ2) is 27.2. The summed E-state index contributed by atoms with van der Waals surface area (Å²) in [6.07, 6.45) is -9.47. The Morgan fingerprint density at radius 3 is 0.931 bits per heavy atom. The van der Waals surface area contributed by atoms with Crippen LogP contribution < -0.4 is 0 Å². The van der Waals surface area contributed by atoms with E-state index in [4.69, 9.17) is 47.4 Å². The summed E-state index contributed by atoms with van der Waals surface area (Å²) in [5, 5.41) is 12.1. The Morgan fingerprint density at radius 2 is 0.569 bits per heavy atom. The summed E-state index contributed by atoms with van der Waals surface area (Å²) in [7, 11) is 0. The van der Waals surface area contributed by atoms with Crippen LogP contribution in [0.4, 0.5) is 0 Å². The molecule has 7 aromatic rings. The van der Waals surface area contributed by atoms with E-state index >= 15 is 0 Å². The molecule has 7 aromatic carbocycles. The van der Waals surface area contributed by atoms with E-state index in [-0.39, 0.29) is 46.2 Å². The first-order valence-corrected chi connectivity index (χ1v) is 24.8. The van der Waals surface area contributed by atoms with Crippen LogP contribution in [0.2, 0.25) is 0 Å². The third-order valence-electron chi connectivity index (χ3n) is 12.7. The summed E-state index contributed by atoms with van der Waals surface area (Å²) in [6.45, 7) is 1.93. The Labute approximate surface area is 423 Å². The minimum absolute atomic E-state index is 0.0737. The molecular formula is C61H64O11. The minimum Gasteiger partial charge on any atom is -0.374 e. The highest BCUT2D eigenvalue weighted by Crippen LogP contribution is 2.36. The van der Waals surface area contributed by atoms with E-state index < -0.39 is 61.4 Å². The van der Waals surface area contributed by atoms with Crippen molar-refractivity contribution in [2.45, 2.75) is 108 Å². The molecule has 2 aliphatic rings. The van der Waals surface area contributed by atoms with E-state index in [0.29, 0.717) is 13.2 Å². The Kier molecular flexibility index (Phi) is 19.3. The van der Waals surface area contributed by atoms with Crippen LogP contribution in [0.25, 0.3) is 0 Å². The molecule has 10 atom stereocenters. The second-order valence-corrected chi connectivity index (χ2v) is 18.0. The molecule has 0 saturated carbocycles. The van der Waals surface area contributed by atoms with Crippen molar-refractivity contribution in [1.29, 1.82) is 0 Å². The van der Waals surface area contributed by atoms with Gasteiger partial charge in [0.05, 0.1) is 59.5 Å². The molecule has 11 nitrogen and oxygen atoms in total. The lowest BCUT2D eigenvalue weighted by Crippen LogP contribution is -2.66. The third kappa shape index (κ3) is 14.8. The summed E-state index contributed by atoms with van der Waals surface area (Å²) < 4.78 is 68.6. The molecule has 0 unspecified atom stereocenters. The maximum Gasteiger partial charge on any atom is 0.187 e. The Bertz CT molecular complexity index is 2550. The first kappa shape index (κ1) is 51.0. The topological polar surface area (TPSA) is 113 Å². The van der Waals surface area contributed by atoms with Gasteiger partial charge in [0.25, 0.3) is 0 Å². The summed E-state index contributed by atoms with van der Waals surface area (Å²) in [5.74, 6) is 0. The van der Waals surface area contributed by atoms with Crippen molar-refractivity contribution in [2.24, 2.45) is 0 Å². The zero-order chi connectivity index (χ0) is 49.0. The van der Waals surface area contributed by atoms with Crippen molar-refractivity contribution in [3.63, 3.8) is 0 Å². The predicted molar refractivity (Wildman–Crippen MR) is 272 cm³/mol. The van der Waals surface area contributed by atoms with Gasteiger partial charge < -0.3 is 52.5 Å². The number of aliphatic hydroxyl groups is 1. The fraction of sp³-hybridized carbons (Fsp3) is 0.311. The van der Waals surface area contributed by atoms with E-state index in [9.17, 15) is 5.11 Å². The lowest BCUT2D eigenvalue weighted by atomic mass is 9.95. The van der Waals surface area contributed by atoms with Crippen LogP contribution in [0.5, 0.6) is 0 Å². The molecule has 2 aliphatic heterocycles. The van der Waals surface area contributed by atoms with Gasteiger partial charge in [0, 0.05) is 0 Å². The Balaban J connectivity index is 1.10. The normalized spacial score (nSPS) is 24.2. The Hall–Kier alpha value is -5.90. The quantitative estimate of drug-likeness (QED) is 0.0591. The molecule has 374 valence electrons. The van der Waals surface area contributed by atoms with Crippen molar-refractivity contribution >= 4 is 0 Å². The van der Waals surface area contributed by atoms with Crippen LogP contribution in [-0.4, -0.2) is 79.7 Å². The largest absolute Gasteiger partial charge is 0.374 e. The summed E-state index contributed by atoms with van der Waals surface area (Å²) in [4.78, 5) is 0. The van der Waals surface area contributed by atoms with E-state index in [0.717, 1.165) is 38.9 Å². The fourth-order valence-electron chi connectivity index (χ4n) is 8.98. The number of benzene rings is 7. The highest BCUT2D eigenvalue weighted by molar-refractivity contribution is 5.19. The van der Waals surface area contributed by atoms with Gasteiger partial charge in [-0.05, 0) is 38.9 Å². The molecule has 0 aliphatic carbocycles. The third-order valence-corrected chi connectivity index (χ3v) is 12.7. The predicted octanol–water partition coefficient (Wildman–Crippen LogP) is 10.2. The first-order valence-electron chi connectivity index (χ1n) is 24.8. The Morgan fingerprint density at radius 1 is 0.292 bits per heavy atom. The summed E-state index contributed by atoms with van der Waals surface area (Å²) in [6, 6.07) is 69.6. The van der Waals surface area contributed by atoms with Gasteiger partial charge in [0.2, 0.25) is 0 Å². The van der Waals surface area contributed by atoms with Gasteiger partial charge in [0.1, 0.15) is 48.8 Å². The molecule has 2 heterocycles. The molecule has 0 spiro atoms. The van der Waals surface area contributed by atoms with E-state index in [1.54, 1.807) is 0 Å². The molecule has 11 heteroatoms. The van der Waals surface area contributed by atoms with Crippen molar-refractivity contribution < 1.29 is 52.5 Å². The van der Waals surface area contributed by atoms with Crippen LogP contribution >= 0.6 is 0 Å². The number of ether oxygens (including phenoxy) is 10. The lowest BCUT2D eigenvalue weighted by molar-refractivity contribution is -0.375. The zero-order valence-electron chi connectivity index (χ0n) is 40.4. The van der Waals surface area contributed by atoms with Crippen LogP contribution in [0.15, 0.2) is 212 Å². The summed E-state index contributed by atoms with van der Waals surface area (Å²) in [5.41, 5.74) is 6.74. The van der Waals surface area contributed by atoms with Gasteiger partial charge in [-0.3, -0.25) is 0 Å². The molecule has 2 saturated heterocycles. The number of hydrogen-bond donors (Lipinski definition) is 1. The number of aliphatic hydroxyl groups excluding tert-OH is 1. The van der Waals surface area contributed by atoms with Crippen LogP contribution in [-0.2, 0) is 93.6 Å². The maximum absolute atomic E-state index is 12.1. The van der Waals surface area contributed by atoms with E-state index in [1.165, 1.54) is 0 Å². The lowest BCUT2D eigenvalue weighted by Gasteiger charge is -2.49. The minimum atomic E-state index is -1.45. The molecule has 72 heavy (non-hydrogen) atoms. The van der Waals surface area contributed by atoms with Crippen molar-refractivity contribution in [3.05, 3.63) is 251 Å². The average molecular weight is 973 g/mol. The van der Waals surface area contributed by atoms with Gasteiger partial charge in [-0.2, -0.15) is 0 Å². The molecule has 0 bridgehead atoms. The van der Waals surface area contributed by atoms with Crippen LogP contribution in [0.1, 0.15) is 38.9 Å². The van der Waals surface area contributed by atoms with Gasteiger partial charge in [-0.25, -0.2) is 0 Å². The van der Waals surface area contributed by atoms with Crippen molar-refractivity contribution in [2.75, 3.05) is 13.2 Å². The molecule has 0 amide bonds. The summed E-state index contributed by atoms with van der Waals surface area (Å²) >= 11 is 0. The monoisotopic (exact) mass is 972 g/mol. The smallest absolute Gasteiger partial charge is 0.187 e. The molecule has 0 radical (unpaired) electrons. The maximum atomic E-state index is 12.1. The molecule has 2 fully saturated rings. The van der Waals surface area contributed by atoms with Gasteiger partial charge >= 0.3 is 0 Å². The standard InChI is InChI=1S/C61H64O11/c62-60-58(68-41-50-32-18-6-19-33-50)57(55(66-39-48-28-14-4-15-29-48)52(70-60)43-63-36-45-22-8-1-9-23-45)72-61-59(69-42-51-34-20-7-21-35-51)56(67-40-49-30-16-5-17-31-49)54(65-38-47-26-12-3-13-27-47)53(71-61)44-64-37-46-24-10-2-11-25-46/h1-35,52-62H,36-44H2/t52-,53-,54-,55+,56+,57+,58-,59+,60-,61-/m1/s1. The van der Waals surface area contributed by atoms with Gasteiger partial charge in [-0.15, -0.1) is 0 Å². The van der Waals surface area contributed by atoms with E-state index in [2.05, 4.69) is 0 Å². The number of hydrogen-bond acceptors (Lipinski definition) is 11. The highest BCUT2D eigenvalue weighted by atomic mass is 16.7. The molecular weight excluding hydrogens is 909 g/mol. The molecule has 1 N–H and O–H groups in total. The van der Waals surface area contributed by atoms with Gasteiger partial charge in [0.15, 0.2) is 12.6 Å². The first-order chi connectivity index (χ1) is 35.6. The SMILES string of the molecule is O[C@@H]1O[C@H](COCc2ccccc2)[C@H](OCc2ccccc2)[C@H](O[C@H]2O[C@H](COCc3ccccc3)[C@@H](OCc3ccccc3)[C@H](OCc3ccccc3)[C@@H]2OCc2ccccc2)[C@H]1OCc1ccccc1. The van der Waals surface area contributed by atoms with E-state index in [1.807, 2.05) is 212 Å². The molecule has 0 aromatic heterocycles. The van der Waals surface area contributed by atoms with Crippen LogP contribution in [0.3, 0.4) is 0 Å². The van der Waals surface area contributed by atoms with Crippen molar-refractivity contribution in [1.82, 2.24) is 0 Å². The van der Waals surface area contributed by atoms with Gasteiger partial charge in [-0.1, -0.05) is 212 Å². The average Bonchev–Trinajstić information content (AvgIpc) is 3.43. The highest BCUT2D eigenvalue weighted by Gasteiger charge is 2.54. The zero-order valence-corrected chi connectivity index (χ0v) is 40.4.